The first-order chi connectivity index (χ1) is 15.6. The summed E-state index contributed by atoms with van der Waals surface area (Å²) in [4.78, 5) is 12.4. The molecule has 4 atom stereocenters. The minimum absolute atomic E-state index is 0.158. The summed E-state index contributed by atoms with van der Waals surface area (Å²) < 4.78 is 7.73. The number of ether oxygens (including phenoxy) is 1. The Morgan fingerprint density at radius 3 is 2.22 bits per heavy atom. The van der Waals surface area contributed by atoms with Crippen LogP contribution in [-0.2, 0) is 4.74 Å². The highest BCUT2D eigenvalue weighted by molar-refractivity contribution is 5.81. The fourth-order valence-electron chi connectivity index (χ4n) is 4.48. The molecule has 1 saturated heterocycles. The van der Waals surface area contributed by atoms with Crippen LogP contribution in [0.1, 0.15) is 36.1 Å². The van der Waals surface area contributed by atoms with Crippen molar-refractivity contribution < 1.29 is 14.9 Å². The van der Waals surface area contributed by atoms with Gasteiger partial charge in [-0.05, 0) is 24.0 Å². The molecule has 4 N–H and O–H groups in total. The summed E-state index contributed by atoms with van der Waals surface area (Å²) in [7, 11) is 0. The van der Waals surface area contributed by atoms with E-state index in [9.17, 15) is 10.2 Å². The quantitative estimate of drug-likeness (QED) is 0.429. The molecule has 5 rings (SSSR count). The largest absolute Gasteiger partial charge is 0.388 e. The second kappa shape index (κ2) is 8.66. The highest BCUT2D eigenvalue weighted by atomic mass is 16.6. The summed E-state index contributed by atoms with van der Waals surface area (Å²) in [5.74, 6) is 0.415. The predicted octanol–water partition coefficient (Wildman–Crippen LogP) is 2.64. The second-order valence-corrected chi connectivity index (χ2v) is 8.08. The molecule has 8 heteroatoms. The van der Waals surface area contributed by atoms with Gasteiger partial charge in [0.15, 0.2) is 17.7 Å². The average Bonchev–Trinajstić information content (AvgIpc) is 3.38. The van der Waals surface area contributed by atoms with E-state index in [4.69, 9.17) is 10.5 Å². The van der Waals surface area contributed by atoms with Gasteiger partial charge in [0.2, 0.25) is 0 Å². The van der Waals surface area contributed by atoms with Crippen LogP contribution in [-0.4, -0.2) is 48.0 Å². The van der Waals surface area contributed by atoms with E-state index >= 15 is 0 Å². The Kier molecular flexibility index (Phi) is 5.57. The molecule has 2 aromatic carbocycles. The lowest BCUT2D eigenvalue weighted by molar-refractivity contribution is -0.0376. The summed E-state index contributed by atoms with van der Waals surface area (Å²) in [6, 6.07) is 20.6. The monoisotopic (exact) mass is 431 g/mol. The number of benzene rings is 2. The van der Waals surface area contributed by atoms with Crippen molar-refractivity contribution in [1.82, 2.24) is 19.5 Å². The molecule has 0 amide bonds. The smallest absolute Gasteiger partial charge is 0.167 e. The van der Waals surface area contributed by atoms with E-state index in [1.54, 1.807) is 4.57 Å². The Labute approximate surface area is 185 Å². The molecular weight excluding hydrogens is 406 g/mol. The number of hydrogen-bond donors (Lipinski definition) is 3. The number of nitrogens with zero attached hydrogens (tertiary/aromatic N) is 4. The molecule has 0 saturated carbocycles. The van der Waals surface area contributed by atoms with Crippen LogP contribution in [0.5, 0.6) is 0 Å². The molecule has 1 fully saturated rings. The SMILES string of the molecule is Nc1ncnc2c1ncn2[C@@H]1O[C@H](CCC(c2ccccc2)c2ccccc2)[C@@H](O)[C@H]1O. The van der Waals surface area contributed by atoms with Gasteiger partial charge in [0, 0.05) is 5.92 Å². The van der Waals surface area contributed by atoms with Crippen molar-refractivity contribution in [2.75, 3.05) is 5.73 Å². The molecule has 1 aliphatic rings. The Balaban J connectivity index is 1.36. The van der Waals surface area contributed by atoms with Crippen molar-refractivity contribution in [2.45, 2.75) is 43.3 Å². The third-order valence-corrected chi connectivity index (χ3v) is 6.14. The lowest BCUT2D eigenvalue weighted by Crippen LogP contribution is -2.31. The first kappa shape index (κ1) is 20.6. The van der Waals surface area contributed by atoms with Crippen LogP contribution in [0.4, 0.5) is 5.82 Å². The Hall–Kier alpha value is -3.33. The van der Waals surface area contributed by atoms with E-state index in [2.05, 4.69) is 39.2 Å². The summed E-state index contributed by atoms with van der Waals surface area (Å²) >= 11 is 0. The topological polar surface area (TPSA) is 119 Å². The number of imidazole rings is 1. The summed E-state index contributed by atoms with van der Waals surface area (Å²) in [6.07, 6.45) is 0.722. The second-order valence-electron chi connectivity index (χ2n) is 8.08. The molecule has 32 heavy (non-hydrogen) atoms. The molecule has 8 nitrogen and oxygen atoms in total. The van der Waals surface area contributed by atoms with Gasteiger partial charge < -0.3 is 20.7 Å². The lowest BCUT2D eigenvalue weighted by atomic mass is 9.86. The standard InChI is InChI=1S/C24H25N5O3/c25-22-19-23(27-13-26-22)29(14-28-19)24-21(31)20(30)18(32-24)12-11-17(15-7-3-1-4-8-15)16-9-5-2-6-10-16/h1-10,13-14,17-18,20-21,24,30-31H,11-12H2,(H2,25,26,27)/t18-,20-,21-,24-/m1/s1. The summed E-state index contributed by atoms with van der Waals surface area (Å²) in [5, 5.41) is 21.5. The molecule has 3 heterocycles. The zero-order valence-corrected chi connectivity index (χ0v) is 17.4. The van der Waals surface area contributed by atoms with Gasteiger partial charge in [0.05, 0.1) is 12.4 Å². The molecular formula is C24H25N5O3. The first-order valence-corrected chi connectivity index (χ1v) is 10.7. The van der Waals surface area contributed by atoms with Crippen molar-refractivity contribution in [1.29, 1.82) is 0 Å². The van der Waals surface area contributed by atoms with E-state index in [1.807, 2.05) is 36.4 Å². The van der Waals surface area contributed by atoms with Crippen molar-refractivity contribution in [3.05, 3.63) is 84.4 Å². The number of fused-ring (bicyclic) bond motifs is 1. The number of rotatable bonds is 6. The Morgan fingerprint density at radius 1 is 0.906 bits per heavy atom. The van der Waals surface area contributed by atoms with Gasteiger partial charge in [-0.1, -0.05) is 60.7 Å². The van der Waals surface area contributed by atoms with Gasteiger partial charge in [0.1, 0.15) is 24.1 Å². The van der Waals surface area contributed by atoms with E-state index in [-0.39, 0.29) is 11.7 Å². The normalized spacial score (nSPS) is 23.2. The minimum atomic E-state index is -1.11. The van der Waals surface area contributed by atoms with Gasteiger partial charge in [0.25, 0.3) is 0 Å². The van der Waals surface area contributed by atoms with Crippen LogP contribution in [0, 0.1) is 0 Å². The third-order valence-electron chi connectivity index (χ3n) is 6.14. The highest BCUT2D eigenvalue weighted by Crippen LogP contribution is 2.36. The fraction of sp³-hybridized carbons (Fsp3) is 0.292. The van der Waals surface area contributed by atoms with Gasteiger partial charge in [-0.25, -0.2) is 15.0 Å². The number of hydrogen-bond acceptors (Lipinski definition) is 7. The molecule has 2 aromatic heterocycles. The van der Waals surface area contributed by atoms with Crippen molar-refractivity contribution in [3.8, 4) is 0 Å². The third kappa shape index (κ3) is 3.73. The number of nitrogens with two attached hydrogens (primary N) is 1. The molecule has 0 aliphatic carbocycles. The Bertz CT molecular complexity index is 1140. The molecule has 1 aliphatic heterocycles. The van der Waals surface area contributed by atoms with Crippen LogP contribution in [0.15, 0.2) is 73.3 Å². The maximum absolute atomic E-state index is 10.7. The maximum atomic E-state index is 10.7. The van der Waals surface area contributed by atoms with Gasteiger partial charge in [-0.2, -0.15) is 0 Å². The van der Waals surface area contributed by atoms with Crippen molar-refractivity contribution >= 4 is 17.0 Å². The van der Waals surface area contributed by atoms with Crippen LogP contribution in [0.3, 0.4) is 0 Å². The van der Waals surface area contributed by atoms with Crippen molar-refractivity contribution in [3.63, 3.8) is 0 Å². The van der Waals surface area contributed by atoms with Gasteiger partial charge >= 0.3 is 0 Å². The number of aromatic nitrogens is 4. The van der Waals surface area contributed by atoms with Crippen LogP contribution >= 0.6 is 0 Å². The Morgan fingerprint density at radius 2 is 1.56 bits per heavy atom. The maximum Gasteiger partial charge on any atom is 0.167 e. The van der Waals surface area contributed by atoms with Crippen LogP contribution < -0.4 is 5.73 Å². The zero-order chi connectivity index (χ0) is 22.1. The van der Waals surface area contributed by atoms with E-state index in [1.165, 1.54) is 23.8 Å². The van der Waals surface area contributed by atoms with Gasteiger partial charge in [-0.3, -0.25) is 4.57 Å². The molecule has 4 aromatic rings. The molecule has 164 valence electrons. The molecule has 0 radical (unpaired) electrons. The fourth-order valence-corrected chi connectivity index (χ4v) is 4.48. The van der Waals surface area contributed by atoms with Crippen LogP contribution in [0.2, 0.25) is 0 Å². The first-order valence-electron chi connectivity index (χ1n) is 10.7. The zero-order valence-electron chi connectivity index (χ0n) is 17.4. The van der Waals surface area contributed by atoms with Crippen molar-refractivity contribution in [2.24, 2.45) is 0 Å². The minimum Gasteiger partial charge on any atom is -0.388 e. The average molecular weight is 431 g/mol. The molecule has 0 bridgehead atoms. The predicted molar refractivity (Wildman–Crippen MR) is 120 cm³/mol. The lowest BCUT2D eigenvalue weighted by Gasteiger charge is -2.21. The van der Waals surface area contributed by atoms with E-state index in [0.29, 0.717) is 17.6 Å². The molecule has 0 spiro atoms. The number of nitrogen functional groups attached to an aromatic ring is 1. The van der Waals surface area contributed by atoms with E-state index in [0.717, 1.165) is 6.42 Å². The van der Waals surface area contributed by atoms with Crippen LogP contribution in [0.25, 0.3) is 11.2 Å². The number of anilines is 1. The summed E-state index contributed by atoms with van der Waals surface area (Å²) in [6.45, 7) is 0. The van der Waals surface area contributed by atoms with E-state index < -0.39 is 24.5 Å². The summed E-state index contributed by atoms with van der Waals surface area (Å²) in [5.41, 5.74) is 9.18. The number of aliphatic hydroxyl groups is 2. The highest BCUT2D eigenvalue weighted by Gasteiger charge is 2.44. The number of aliphatic hydroxyl groups excluding tert-OH is 2. The molecule has 0 unspecified atom stereocenters. The van der Waals surface area contributed by atoms with Gasteiger partial charge in [-0.15, -0.1) is 0 Å².